The highest BCUT2D eigenvalue weighted by atomic mass is 32.2. The summed E-state index contributed by atoms with van der Waals surface area (Å²) in [5.74, 6) is 1.59. The first-order valence-corrected chi connectivity index (χ1v) is 10.9. The van der Waals surface area contributed by atoms with Crippen LogP contribution in [-0.2, 0) is 16.4 Å². The molecule has 0 amide bonds. The molecule has 2 rings (SSSR count). The summed E-state index contributed by atoms with van der Waals surface area (Å²) in [5, 5.41) is 3.35. The van der Waals surface area contributed by atoms with Crippen molar-refractivity contribution in [2.24, 2.45) is 10.9 Å². The van der Waals surface area contributed by atoms with Gasteiger partial charge in [0.1, 0.15) is 0 Å². The Morgan fingerprint density at radius 1 is 1.32 bits per heavy atom. The molecule has 1 heterocycles. The first kappa shape index (κ1) is 19.7. The Bertz CT molecular complexity index is 646. The van der Waals surface area contributed by atoms with E-state index in [4.69, 9.17) is 0 Å². The summed E-state index contributed by atoms with van der Waals surface area (Å²) < 4.78 is 24.6. The fraction of sp³-hybridized carbons (Fsp3) is 0.611. The molecule has 0 aromatic heterocycles. The van der Waals surface area contributed by atoms with Crippen LogP contribution in [0.5, 0.6) is 0 Å². The van der Waals surface area contributed by atoms with E-state index in [9.17, 15) is 8.42 Å². The number of aliphatic imine (C=N–C) groups is 1. The number of likely N-dealkylation sites (tertiary alicyclic amines) is 1. The van der Waals surface area contributed by atoms with Gasteiger partial charge in [-0.1, -0.05) is 30.3 Å². The smallest absolute Gasteiger partial charge is 0.208 e. The van der Waals surface area contributed by atoms with Gasteiger partial charge in [0.15, 0.2) is 5.96 Å². The van der Waals surface area contributed by atoms with Gasteiger partial charge in [0.2, 0.25) is 10.0 Å². The molecular formula is C18H30N4O2S. The van der Waals surface area contributed by atoms with E-state index in [1.165, 1.54) is 18.2 Å². The molecule has 1 aromatic carbocycles. The Kier molecular flexibility index (Phi) is 7.71. The minimum atomic E-state index is -3.11. The van der Waals surface area contributed by atoms with Crippen LogP contribution in [0.4, 0.5) is 0 Å². The third-order valence-electron chi connectivity index (χ3n) is 4.25. The lowest BCUT2D eigenvalue weighted by atomic mass is 9.99. The number of hydrogen-bond donors (Lipinski definition) is 2. The second-order valence-corrected chi connectivity index (χ2v) is 8.38. The van der Waals surface area contributed by atoms with Crippen molar-refractivity contribution >= 4 is 16.0 Å². The standard InChI is InChI=1S/C18H30N4O2S/c1-3-19-18(20-11-7-12-21-25(2,23)24)22-13-10-17(15-22)14-16-8-5-4-6-9-16/h4-6,8-9,17,21H,3,7,10-15H2,1-2H3,(H,19,20). The Labute approximate surface area is 151 Å². The van der Waals surface area contributed by atoms with Crippen LogP contribution in [0.15, 0.2) is 35.3 Å². The van der Waals surface area contributed by atoms with Gasteiger partial charge in [-0.05, 0) is 37.7 Å². The summed E-state index contributed by atoms with van der Waals surface area (Å²) >= 11 is 0. The largest absolute Gasteiger partial charge is 0.357 e. The van der Waals surface area contributed by atoms with Crippen molar-refractivity contribution in [2.45, 2.75) is 26.2 Å². The van der Waals surface area contributed by atoms with E-state index >= 15 is 0 Å². The fourth-order valence-corrected chi connectivity index (χ4v) is 3.60. The molecule has 6 nitrogen and oxygen atoms in total. The van der Waals surface area contributed by atoms with Gasteiger partial charge in [-0.3, -0.25) is 4.99 Å². The summed E-state index contributed by atoms with van der Waals surface area (Å²) in [6, 6.07) is 10.6. The predicted molar refractivity (Wildman–Crippen MR) is 103 cm³/mol. The van der Waals surface area contributed by atoms with Crippen molar-refractivity contribution < 1.29 is 8.42 Å². The van der Waals surface area contributed by atoms with Crippen molar-refractivity contribution in [3.05, 3.63) is 35.9 Å². The zero-order valence-corrected chi connectivity index (χ0v) is 16.1. The van der Waals surface area contributed by atoms with Gasteiger partial charge in [0.25, 0.3) is 0 Å². The van der Waals surface area contributed by atoms with Crippen molar-refractivity contribution in [1.29, 1.82) is 0 Å². The molecule has 25 heavy (non-hydrogen) atoms. The lowest BCUT2D eigenvalue weighted by molar-refractivity contribution is 0.459. The molecule has 0 bridgehead atoms. The lowest BCUT2D eigenvalue weighted by Gasteiger charge is -2.21. The number of nitrogens with one attached hydrogen (secondary N) is 2. The topological polar surface area (TPSA) is 73.8 Å². The van der Waals surface area contributed by atoms with Gasteiger partial charge in [-0.15, -0.1) is 0 Å². The summed E-state index contributed by atoms with van der Waals surface area (Å²) in [7, 11) is -3.11. The number of benzene rings is 1. The van der Waals surface area contributed by atoms with E-state index in [1.807, 2.05) is 0 Å². The van der Waals surface area contributed by atoms with Crippen LogP contribution in [-0.4, -0.2) is 58.3 Å². The molecule has 0 saturated carbocycles. The number of guanidine groups is 1. The average molecular weight is 367 g/mol. The molecule has 1 fully saturated rings. The third-order valence-corrected chi connectivity index (χ3v) is 4.98. The van der Waals surface area contributed by atoms with E-state index in [0.29, 0.717) is 25.4 Å². The van der Waals surface area contributed by atoms with Crippen LogP contribution in [0.25, 0.3) is 0 Å². The first-order valence-electron chi connectivity index (χ1n) is 8.99. The molecule has 7 heteroatoms. The molecular weight excluding hydrogens is 336 g/mol. The van der Waals surface area contributed by atoms with Crippen molar-refractivity contribution in [1.82, 2.24) is 14.9 Å². The van der Waals surface area contributed by atoms with E-state index < -0.39 is 10.0 Å². The fourth-order valence-electron chi connectivity index (χ4n) is 3.09. The Balaban J connectivity index is 1.82. The van der Waals surface area contributed by atoms with Gasteiger partial charge in [-0.2, -0.15) is 0 Å². The molecule has 1 aliphatic heterocycles. The van der Waals surface area contributed by atoms with E-state index in [2.05, 4.69) is 57.2 Å². The summed E-state index contributed by atoms with van der Waals surface area (Å²) in [6.45, 7) is 5.98. The van der Waals surface area contributed by atoms with Crippen LogP contribution in [0.3, 0.4) is 0 Å². The number of sulfonamides is 1. The lowest BCUT2D eigenvalue weighted by Crippen LogP contribution is -2.40. The average Bonchev–Trinajstić information content (AvgIpc) is 3.02. The van der Waals surface area contributed by atoms with Gasteiger partial charge < -0.3 is 10.2 Å². The monoisotopic (exact) mass is 366 g/mol. The maximum atomic E-state index is 11.1. The molecule has 2 N–H and O–H groups in total. The zero-order valence-electron chi connectivity index (χ0n) is 15.2. The van der Waals surface area contributed by atoms with Gasteiger partial charge in [0, 0.05) is 32.7 Å². The molecule has 1 aliphatic rings. The highest BCUT2D eigenvalue weighted by Gasteiger charge is 2.24. The van der Waals surface area contributed by atoms with E-state index in [1.54, 1.807) is 0 Å². The molecule has 1 unspecified atom stereocenters. The minimum absolute atomic E-state index is 0.429. The van der Waals surface area contributed by atoms with E-state index in [-0.39, 0.29) is 0 Å². The van der Waals surface area contributed by atoms with E-state index in [0.717, 1.165) is 32.0 Å². The number of rotatable bonds is 8. The molecule has 0 aliphatic carbocycles. The van der Waals surface area contributed by atoms with Crippen LogP contribution in [0, 0.1) is 5.92 Å². The molecule has 1 saturated heterocycles. The van der Waals surface area contributed by atoms with Crippen LogP contribution < -0.4 is 10.0 Å². The summed E-state index contributed by atoms with van der Waals surface area (Å²) in [4.78, 5) is 6.97. The Morgan fingerprint density at radius 2 is 2.08 bits per heavy atom. The minimum Gasteiger partial charge on any atom is -0.357 e. The SMILES string of the molecule is CCNC(=NCCCNS(C)(=O)=O)N1CCC(Cc2ccccc2)C1. The van der Waals surface area contributed by atoms with Crippen LogP contribution in [0.2, 0.25) is 0 Å². The number of nitrogens with zero attached hydrogens (tertiary/aromatic N) is 2. The van der Waals surface area contributed by atoms with Crippen LogP contribution in [0.1, 0.15) is 25.3 Å². The normalized spacial score (nSPS) is 18.6. The van der Waals surface area contributed by atoms with Crippen molar-refractivity contribution in [3.63, 3.8) is 0 Å². The quantitative estimate of drug-likeness (QED) is 0.415. The maximum Gasteiger partial charge on any atom is 0.208 e. The zero-order chi connectivity index (χ0) is 18.1. The maximum absolute atomic E-state index is 11.1. The molecule has 0 radical (unpaired) electrons. The highest BCUT2D eigenvalue weighted by Crippen LogP contribution is 2.20. The first-order chi connectivity index (χ1) is 12.0. The third kappa shape index (κ3) is 7.44. The number of hydrogen-bond acceptors (Lipinski definition) is 3. The van der Waals surface area contributed by atoms with Crippen molar-refractivity contribution in [2.75, 3.05) is 39.0 Å². The Morgan fingerprint density at radius 3 is 2.76 bits per heavy atom. The van der Waals surface area contributed by atoms with Crippen molar-refractivity contribution in [3.8, 4) is 0 Å². The molecule has 1 aromatic rings. The van der Waals surface area contributed by atoms with Crippen LogP contribution >= 0.6 is 0 Å². The van der Waals surface area contributed by atoms with Gasteiger partial charge in [-0.25, -0.2) is 13.1 Å². The molecule has 0 spiro atoms. The summed E-state index contributed by atoms with van der Waals surface area (Å²) in [5.41, 5.74) is 1.39. The van der Waals surface area contributed by atoms with Gasteiger partial charge >= 0.3 is 0 Å². The molecule has 140 valence electrons. The second-order valence-electron chi connectivity index (χ2n) is 6.55. The second kappa shape index (κ2) is 9.77. The summed E-state index contributed by atoms with van der Waals surface area (Å²) in [6.07, 6.45) is 4.16. The Hall–Kier alpha value is -1.60. The molecule has 1 atom stereocenters. The van der Waals surface area contributed by atoms with Gasteiger partial charge in [0.05, 0.1) is 6.26 Å². The highest BCUT2D eigenvalue weighted by molar-refractivity contribution is 7.88. The predicted octanol–water partition coefficient (Wildman–Crippen LogP) is 1.46.